The van der Waals surface area contributed by atoms with Crippen LogP contribution in [0.15, 0.2) is 60.9 Å². The number of aromatic nitrogens is 1. The number of aryl methyl sites for hydroxylation is 1. The molecule has 3 heterocycles. The van der Waals surface area contributed by atoms with Gasteiger partial charge in [-0.15, -0.1) is 0 Å². The van der Waals surface area contributed by atoms with Crippen LogP contribution in [0.3, 0.4) is 0 Å². The Kier molecular flexibility index (Phi) is 7.23. The molecule has 1 aromatic heterocycles. The van der Waals surface area contributed by atoms with Crippen molar-refractivity contribution in [2.45, 2.75) is 52.6 Å². The molecule has 3 amide bonds. The summed E-state index contributed by atoms with van der Waals surface area (Å²) in [5, 5.41) is 6.72. The average molecular weight is 526 g/mol. The van der Waals surface area contributed by atoms with Crippen molar-refractivity contribution in [1.82, 2.24) is 10.3 Å². The fourth-order valence-electron chi connectivity index (χ4n) is 5.47. The summed E-state index contributed by atoms with van der Waals surface area (Å²) in [5.74, 6) is -0.366. The summed E-state index contributed by atoms with van der Waals surface area (Å²) in [6.07, 6.45) is 5.59. The highest BCUT2D eigenvalue weighted by molar-refractivity contribution is 6.19. The number of fused-ring (bicyclic) bond motifs is 2. The smallest absolute Gasteiger partial charge is 0.242 e. The Hall–Kier alpha value is -4.04. The van der Waals surface area contributed by atoms with E-state index < -0.39 is 5.41 Å². The third kappa shape index (κ3) is 5.16. The molecule has 5 rings (SSSR count). The summed E-state index contributed by atoms with van der Waals surface area (Å²) in [5.41, 5.74) is 5.59. The van der Waals surface area contributed by atoms with E-state index in [1.54, 1.807) is 43.1 Å². The zero-order chi connectivity index (χ0) is 27.7. The molecular weight excluding hydrogens is 490 g/mol. The van der Waals surface area contributed by atoms with E-state index in [2.05, 4.69) is 33.8 Å². The van der Waals surface area contributed by atoms with Crippen LogP contribution in [0.4, 0.5) is 17.1 Å². The standard InChI is InChI=1S/C31H35N5O3/c1-5-36-26-10-6-21(17-27(26)35(4)29(38)31(2,3)30(36)39)19-33-24(16-20-12-14-32-15-13-20)23-8-7-22-9-11-28(37)34-25(22)18-23/h6-8,10,12-15,17-18,24,33H,5,9,11,16,19H2,1-4H3,(H,34,37). The van der Waals surface area contributed by atoms with Crippen LogP contribution in [0, 0.1) is 5.41 Å². The van der Waals surface area contributed by atoms with Crippen molar-refractivity contribution in [2.75, 3.05) is 28.7 Å². The molecule has 0 bridgehead atoms. The van der Waals surface area contributed by atoms with Gasteiger partial charge in [-0.2, -0.15) is 0 Å². The second kappa shape index (κ2) is 10.6. The van der Waals surface area contributed by atoms with Crippen LogP contribution in [0.25, 0.3) is 0 Å². The third-order valence-corrected chi connectivity index (χ3v) is 7.80. The second-order valence-corrected chi connectivity index (χ2v) is 10.8. The van der Waals surface area contributed by atoms with E-state index in [1.165, 1.54) is 0 Å². The molecule has 3 aromatic rings. The van der Waals surface area contributed by atoms with E-state index in [9.17, 15) is 14.4 Å². The van der Waals surface area contributed by atoms with Gasteiger partial charge in [0.25, 0.3) is 0 Å². The van der Waals surface area contributed by atoms with Crippen molar-refractivity contribution in [2.24, 2.45) is 5.41 Å². The van der Waals surface area contributed by atoms with Crippen LogP contribution in [0.2, 0.25) is 0 Å². The monoisotopic (exact) mass is 525 g/mol. The molecule has 0 saturated carbocycles. The lowest BCUT2D eigenvalue weighted by atomic mass is 9.90. The van der Waals surface area contributed by atoms with Crippen LogP contribution in [0.5, 0.6) is 0 Å². The number of carbonyl (C=O) groups is 3. The van der Waals surface area contributed by atoms with Crippen LogP contribution in [-0.2, 0) is 33.8 Å². The van der Waals surface area contributed by atoms with Crippen molar-refractivity contribution in [3.05, 3.63) is 83.2 Å². The predicted molar refractivity (Wildman–Crippen MR) is 153 cm³/mol. The first-order valence-electron chi connectivity index (χ1n) is 13.5. The van der Waals surface area contributed by atoms with Gasteiger partial charge in [-0.3, -0.25) is 19.4 Å². The zero-order valence-corrected chi connectivity index (χ0v) is 23.0. The number of rotatable bonds is 7. The minimum atomic E-state index is -1.14. The van der Waals surface area contributed by atoms with Crippen molar-refractivity contribution in [1.29, 1.82) is 0 Å². The summed E-state index contributed by atoms with van der Waals surface area (Å²) in [6.45, 7) is 6.34. The molecule has 0 radical (unpaired) electrons. The van der Waals surface area contributed by atoms with E-state index in [0.717, 1.165) is 52.2 Å². The van der Waals surface area contributed by atoms with Gasteiger partial charge in [0.1, 0.15) is 5.41 Å². The number of hydrogen-bond donors (Lipinski definition) is 2. The number of amides is 3. The van der Waals surface area contributed by atoms with Crippen molar-refractivity contribution < 1.29 is 14.4 Å². The fraction of sp³-hybridized carbons (Fsp3) is 0.355. The van der Waals surface area contributed by atoms with Crippen LogP contribution >= 0.6 is 0 Å². The zero-order valence-electron chi connectivity index (χ0n) is 23.0. The number of nitrogens with one attached hydrogen (secondary N) is 2. The SMILES string of the molecule is CCN1C(=O)C(C)(C)C(=O)N(C)c2cc(CNC(Cc3ccncc3)c3ccc4c(c3)NC(=O)CC4)ccc21. The molecular formula is C31H35N5O3. The van der Waals surface area contributed by atoms with E-state index in [-0.39, 0.29) is 23.8 Å². The van der Waals surface area contributed by atoms with Gasteiger partial charge in [-0.25, -0.2) is 0 Å². The minimum Gasteiger partial charge on any atom is -0.326 e. The highest BCUT2D eigenvalue weighted by Crippen LogP contribution is 2.39. The highest BCUT2D eigenvalue weighted by Gasteiger charge is 2.45. The number of benzene rings is 2. The maximum atomic E-state index is 13.2. The summed E-state index contributed by atoms with van der Waals surface area (Å²) in [4.78, 5) is 45.9. The fourth-order valence-corrected chi connectivity index (χ4v) is 5.47. The van der Waals surface area contributed by atoms with Crippen molar-refractivity contribution >= 4 is 34.8 Å². The minimum absolute atomic E-state index is 0.0256. The Morgan fingerprint density at radius 2 is 1.72 bits per heavy atom. The molecule has 0 saturated heterocycles. The summed E-state index contributed by atoms with van der Waals surface area (Å²) in [6, 6.07) is 16.2. The van der Waals surface area contributed by atoms with Gasteiger partial charge < -0.3 is 20.4 Å². The van der Waals surface area contributed by atoms with Crippen LogP contribution in [0.1, 0.15) is 55.5 Å². The van der Waals surface area contributed by atoms with Gasteiger partial charge in [0, 0.05) is 50.7 Å². The summed E-state index contributed by atoms with van der Waals surface area (Å²) < 4.78 is 0. The maximum Gasteiger partial charge on any atom is 0.242 e. The van der Waals surface area contributed by atoms with Gasteiger partial charge in [-0.05, 0) is 86.2 Å². The van der Waals surface area contributed by atoms with Crippen molar-refractivity contribution in [3.8, 4) is 0 Å². The largest absolute Gasteiger partial charge is 0.326 e. The molecule has 2 aliphatic rings. The number of nitrogens with zero attached hydrogens (tertiary/aromatic N) is 3. The van der Waals surface area contributed by atoms with E-state index in [1.807, 2.05) is 37.3 Å². The maximum absolute atomic E-state index is 13.2. The van der Waals surface area contributed by atoms with Crippen LogP contribution < -0.4 is 20.4 Å². The molecule has 0 aliphatic carbocycles. The third-order valence-electron chi connectivity index (χ3n) is 7.80. The van der Waals surface area contributed by atoms with E-state index in [4.69, 9.17) is 0 Å². The molecule has 1 atom stereocenters. The van der Waals surface area contributed by atoms with Gasteiger partial charge in [-0.1, -0.05) is 18.2 Å². The first-order valence-corrected chi connectivity index (χ1v) is 13.5. The van der Waals surface area contributed by atoms with E-state index in [0.29, 0.717) is 19.5 Å². The molecule has 39 heavy (non-hydrogen) atoms. The quantitative estimate of drug-likeness (QED) is 0.446. The normalized spacial score (nSPS) is 17.3. The lowest BCUT2D eigenvalue weighted by Crippen LogP contribution is -2.47. The second-order valence-electron chi connectivity index (χ2n) is 10.8. The number of carbonyl (C=O) groups excluding carboxylic acids is 3. The Bertz CT molecular complexity index is 1420. The molecule has 2 aromatic carbocycles. The molecule has 202 valence electrons. The summed E-state index contributed by atoms with van der Waals surface area (Å²) >= 11 is 0. The molecule has 8 nitrogen and oxygen atoms in total. The molecule has 0 fully saturated rings. The van der Waals surface area contributed by atoms with Gasteiger partial charge >= 0.3 is 0 Å². The van der Waals surface area contributed by atoms with Gasteiger partial charge in [0.2, 0.25) is 17.7 Å². The Labute approximate surface area is 229 Å². The van der Waals surface area contributed by atoms with Crippen LogP contribution in [-0.4, -0.2) is 36.3 Å². The average Bonchev–Trinajstić information content (AvgIpc) is 2.99. The predicted octanol–water partition coefficient (Wildman–Crippen LogP) is 4.40. The molecule has 0 spiro atoms. The first-order chi connectivity index (χ1) is 18.7. The molecule has 2 N–H and O–H groups in total. The number of hydrogen-bond acceptors (Lipinski definition) is 5. The Balaban J connectivity index is 1.44. The van der Waals surface area contributed by atoms with Crippen molar-refractivity contribution in [3.63, 3.8) is 0 Å². The van der Waals surface area contributed by atoms with Gasteiger partial charge in [0.15, 0.2) is 0 Å². The first kappa shape index (κ1) is 26.6. The molecule has 8 heteroatoms. The molecule has 1 unspecified atom stereocenters. The Morgan fingerprint density at radius 3 is 2.46 bits per heavy atom. The lowest BCUT2D eigenvalue weighted by Gasteiger charge is -2.27. The lowest BCUT2D eigenvalue weighted by molar-refractivity contribution is -0.137. The van der Waals surface area contributed by atoms with Gasteiger partial charge in [0.05, 0.1) is 11.4 Å². The number of pyridine rings is 1. The topological polar surface area (TPSA) is 94.6 Å². The Morgan fingerprint density at radius 1 is 0.949 bits per heavy atom. The summed E-state index contributed by atoms with van der Waals surface area (Å²) in [7, 11) is 1.74. The highest BCUT2D eigenvalue weighted by atomic mass is 16.2. The molecule has 2 aliphatic heterocycles. The van der Waals surface area contributed by atoms with E-state index >= 15 is 0 Å². The number of anilines is 3.